The van der Waals surface area contributed by atoms with Crippen LogP contribution < -0.4 is 0 Å². The number of hydrogen-bond donors (Lipinski definition) is 1. The average molecular weight is 146 g/mol. The summed E-state index contributed by atoms with van der Waals surface area (Å²) < 4.78 is 0. The van der Waals surface area contributed by atoms with E-state index in [1.807, 2.05) is 0 Å². The SMILES string of the molecule is B.CC(C)O.[NaH].[Ti]. The zero-order valence-electron chi connectivity index (χ0n) is 3.52. The van der Waals surface area contributed by atoms with Gasteiger partial charge in [-0.3, -0.25) is 0 Å². The molecule has 38 valence electrons. The Hall–Kier alpha value is 1.74. The maximum absolute atomic E-state index is 8.06. The Morgan fingerprint density at radius 2 is 1.29 bits per heavy atom. The second kappa shape index (κ2) is 15.6. The van der Waals surface area contributed by atoms with Crippen molar-refractivity contribution in [3.05, 3.63) is 0 Å². The molecule has 1 nitrogen and oxygen atoms in total. The van der Waals surface area contributed by atoms with Crippen LogP contribution in [-0.2, 0) is 21.7 Å². The summed E-state index contributed by atoms with van der Waals surface area (Å²) in [7, 11) is 0. The zero-order chi connectivity index (χ0) is 3.58. The van der Waals surface area contributed by atoms with E-state index >= 15 is 0 Å². The van der Waals surface area contributed by atoms with Gasteiger partial charge in [-0.2, -0.15) is 0 Å². The van der Waals surface area contributed by atoms with Crippen molar-refractivity contribution in [3.8, 4) is 0 Å². The number of rotatable bonds is 0. The summed E-state index contributed by atoms with van der Waals surface area (Å²) in [5.41, 5.74) is 0. The first-order valence-electron chi connectivity index (χ1n) is 1.41. The predicted octanol–water partition coefficient (Wildman–Crippen LogP) is -1.45. The predicted molar refractivity (Wildman–Crippen MR) is 34.4 cm³/mol. The number of aliphatic hydroxyl groups is 1. The molecular weight excluding hydrogens is 134 g/mol. The Kier molecular flexibility index (Phi) is 52.1. The average Bonchev–Trinajstić information content (AvgIpc) is 0.811. The van der Waals surface area contributed by atoms with Crippen LogP contribution in [-0.4, -0.2) is 49.2 Å². The van der Waals surface area contributed by atoms with Crippen LogP contribution in [0.2, 0.25) is 0 Å². The van der Waals surface area contributed by atoms with Crippen LogP contribution in [0.1, 0.15) is 13.8 Å². The summed E-state index contributed by atoms with van der Waals surface area (Å²) in [6.45, 7) is 3.44. The second-order valence-electron chi connectivity index (χ2n) is 1.09. The van der Waals surface area contributed by atoms with Crippen molar-refractivity contribution in [2.75, 3.05) is 0 Å². The summed E-state index contributed by atoms with van der Waals surface area (Å²) >= 11 is 0. The molecule has 4 heteroatoms. The van der Waals surface area contributed by atoms with E-state index in [0.717, 1.165) is 0 Å². The van der Waals surface area contributed by atoms with E-state index < -0.39 is 0 Å². The minimum Gasteiger partial charge on any atom is 0 e. The third-order valence-electron chi connectivity index (χ3n) is 0. The molecule has 0 saturated heterocycles. The Balaban J connectivity index is -0.0000000150. The van der Waals surface area contributed by atoms with E-state index in [9.17, 15) is 0 Å². The normalized spacial score (nSPS) is 5.14. The summed E-state index contributed by atoms with van der Waals surface area (Å²) in [5, 5.41) is 8.06. The van der Waals surface area contributed by atoms with Crippen molar-refractivity contribution in [1.29, 1.82) is 0 Å². The monoisotopic (exact) mass is 146 g/mol. The topological polar surface area (TPSA) is 20.2 Å². The Morgan fingerprint density at radius 1 is 1.29 bits per heavy atom. The maximum Gasteiger partial charge on any atom is 0 e. The van der Waals surface area contributed by atoms with Gasteiger partial charge in [-0.05, 0) is 13.8 Å². The fourth-order valence-electron chi connectivity index (χ4n) is 0. The fourth-order valence-corrected chi connectivity index (χ4v) is 0. The number of hydrogen-bond acceptors (Lipinski definition) is 1. The maximum atomic E-state index is 8.06. The van der Waals surface area contributed by atoms with E-state index in [0.29, 0.717) is 0 Å². The summed E-state index contributed by atoms with van der Waals surface area (Å²) in [4.78, 5) is 0. The molecular formula is C3H12BNaOTi. The Morgan fingerprint density at radius 3 is 1.29 bits per heavy atom. The van der Waals surface area contributed by atoms with Crippen molar-refractivity contribution < 1.29 is 26.8 Å². The second-order valence-corrected chi connectivity index (χ2v) is 1.09. The van der Waals surface area contributed by atoms with Gasteiger partial charge in [0.25, 0.3) is 0 Å². The van der Waals surface area contributed by atoms with Crippen LogP contribution in [0.25, 0.3) is 0 Å². The van der Waals surface area contributed by atoms with Gasteiger partial charge in [-0.15, -0.1) is 0 Å². The van der Waals surface area contributed by atoms with Crippen molar-refractivity contribution in [2.45, 2.75) is 20.0 Å². The van der Waals surface area contributed by atoms with Crippen LogP contribution in [0, 0.1) is 0 Å². The van der Waals surface area contributed by atoms with Gasteiger partial charge in [0, 0.05) is 27.8 Å². The quantitative estimate of drug-likeness (QED) is 0.414. The molecule has 0 atom stereocenters. The van der Waals surface area contributed by atoms with Crippen LogP contribution in [0.15, 0.2) is 0 Å². The standard InChI is InChI=1S/C3H8O.BH3.Na.Ti.H/c1-3(2)4;;;;/h3-4H,1-2H3;1H3;;;. The van der Waals surface area contributed by atoms with Gasteiger partial charge in [0.15, 0.2) is 0 Å². The molecule has 0 spiro atoms. The van der Waals surface area contributed by atoms with Gasteiger partial charge in [0.1, 0.15) is 0 Å². The van der Waals surface area contributed by atoms with Crippen molar-refractivity contribution in [3.63, 3.8) is 0 Å². The molecule has 0 aliphatic rings. The molecule has 7 heavy (non-hydrogen) atoms. The minimum absolute atomic E-state index is 0. The smallest absolute Gasteiger partial charge is 0 e. The molecule has 0 aromatic rings. The van der Waals surface area contributed by atoms with Crippen molar-refractivity contribution in [2.24, 2.45) is 0 Å². The Bertz CT molecular complexity index is 19.7. The molecule has 0 heterocycles. The molecule has 0 rings (SSSR count). The van der Waals surface area contributed by atoms with Gasteiger partial charge in [-0.1, -0.05) is 0 Å². The van der Waals surface area contributed by atoms with Gasteiger partial charge >= 0.3 is 29.6 Å². The first-order chi connectivity index (χ1) is 1.73. The van der Waals surface area contributed by atoms with Crippen molar-refractivity contribution >= 4 is 38.0 Å². The van der Waals surface area contributed by atoms with Gasteiger partial charge in [0.2, 0.25) is 0 Å². The molecule has 0 aromatic heterocycles. The molecule has 0 amide bonds. The van der Waals surface area contributed by atoms with Gasteiger partial charge in [0.05, 0.1) is 8.41 Å². The van der Waals surface area contributed by atoms with E-state index in [2.05, 4.69) is 0 Å². The molecule has 0 fully saturated rings. The molecule has 0 aliphatic heterocycles. The molecule has 0 bridgehead atoms. The van der Waals surface area contributed by atoms with Crippen LogP contribution >= 0.6 is 0 Å². The van der Waals surface area contributed by atoms with E-state index in [4.69, 9.17) is 5.11 Å². The molecule has 0 unspecified atom stereocenters. The third kappa shape index (κ3) is 84.3. The number of aliphatic hydroxyl groups excluding tert-OH is 1. The van der Waals surface area contributed by atoms with E-state index in [1.165, 1.54) is 0 Å². The zero-order valence-corrected chi connectivity index (χ0v) is 5.09. The molecule has 0 saturated carbocycles. The first-order valence-corrected chi connectivity index (χ1v) is 1.41. The summed E-state index contributed by atoms with van der Waals surface area (Å²) in [6.07, 6.45) is -0.167. The first kappa shape index (κ1) is 23.3. The minimum atomic E-state index is -0.167. The molecule has 0 aliphatic carbocycles. The van der Waals surface area contributed by atoms with Crippen LogP contribution in [0.5, 0.6) is 0 Å². The summed E-state index contributed by atoms with van der Waals surface area (Å²) in [6, 6.07) is 0. The van der Waals surface area contributed by atoms with Crippen LogP contribution in [0.4, 0.5) is 0 Å². The van der Waals surface area contributed by atoms with Gasteiger partial charge < -0.3 is 5.11 Å². The third-order valence-corrected chi connectivity index (χ3v) is 0. The van der Waals surface area contributed by atoms with Crippen molar-refractivity contribution in [1.82, 2.24) is 0 Å². The molecule has 0 radical (unpaired) electrons. The van der Waals surface area contributed by atoms with Gasteiger partial charge in [-0.25, -0.2) is 0 Å². The summed E-state index contributed by atoms with van der Waals surface area (Å²) in [5.74, 6) is 0. The molecule has 1 N–H and O–H groups in total. The fraction of sp³-hybridized carbons (Fsp3) is 1.00. The molecule has 0 aromatic carbocycles. The Labute approximate surface area is 84.0 Å². The van der Waals surface area contributed by atoms with Crippen LogP contribution in [0.3, 0.4) is 0 Å². The van der Waals surface area contributed by atoms with E-state index in [1.54, 1.807) is 13.8 Å². The van der Waals surface area contributed by atoms with E-state index in [-0.39, 0.29) is 65.8 Å². The largest absolute Gasteiger partial charge is 0 e.